The maximum atomic E-state index is 12.3. The molecule has 21 heavy (non-hydrogen) atoms. The van der Waals surface area contributed by atoms with E-state index in [2.05, 4.69) is 16.9 Å². The summed E-state index contributed by atoms with van der Waals surface area (Å²) in [5.41, 5.74) is 5.49. The highest BCUT2D eigenvalue weighted by Crippen LogP contribution is 2.17. The highest BCUT2D eigenvalue weighted by Gasteiger charge is 2.14. The summed E-state index contributed by atoms with van der Waals surface area (Å²) in [5.74, 6) is 0. The molecule has 2 aromatic rings. The molecule has 0 heterocycles. The second kappa shape index (κ2) is 6.00. The van der Waals surface area contributed by atoms with E-state index < -0.39 is 10.0 Å². The molecule has 0 unspecified atom stereocenters. The molecule has 1 N–H and O–H groups in total. The smallest absolute Gasteiger partial charge is 0.207 e. The van der Waals surface area contributed by atoms with Crippen LogP contribution in [0.25, 0.3) is 0 Å². The van der Waals surface area contributed by atoms with Crippen molar-refractivity contribution in [3.05, 3.63) is 64.2 Å². The van der Waals surface area contributed by atoms with Gasteiger partial charge in [-0.05, 0) is 56.5 Å². The van der Waals surface area contributed by atoms with Crippen LogP contribution in [0.5, 0.6) is 0 Å². The molecular weight excluding hydrogens is 282 g/mol. The van der Waals surface area contributed by atoms with Gasteiger partial charge in [0.25, 0.3) is 0 Å². The summed E-state index contributed by atoms with van der Waals surface area (Å²) in [6, 6.07) is 11.0. The lowest BCUT2D eigenvalue weighted by molar-refractivity contribution is 0.581. The average molecular weight is 303 g/mol. The molecule has 112 valence electrons. The van der Waals surface area contributed by atoms with Crippen molar-refractivity contribution < 1.29 is 8.42 Å². The number of rotatable bonds is 4. The first kappa shape index (κ1) is 15.7. The second-order valence-corrected chi connectivity index (χ2v) is 7.28. The van der Waals surface area contributed by atoms with Crippen LogP contribution in [0.3, 0.4) is 0 Å². The first-order valence-electron chi connectivity index (χ1n) is 6.92. The first-order valence-corrected chi connectivity index (χ1v) is 8.41. The first-order chi connectivity index (χ1) is 9.79. The molecule has 2 rings (SSSR count). The standard InChI is InChI=1S/C17H21NO2S/c1-12-5-7-16(8-6-12)21(19,20)18-11-17-14(3)9-13(2)10-15(17)4/h5-10,18H,11H2,1-4H3. The van der Waals surface area contributed by atoms with E-state index in [0.29, 0.717) is 11.4 Å². The van der Waals surface area contributed by atoms with E-state index in [1.54, 1.807) is 24.3 Å². The van der Waals surface area contributed by atoms with E-state index in [1.165, 1.54) is 5.56 Å². The van der Waals surface area contributed by atoms with Crippen LogP contribution in [0.15, 0.2) is 41.3 Å². The Bertz CT molecular complexity index is 724. The van der Waals surface area contributed by atoms with Crippen LogP contribution in [-0.4, -0.2) is 8.42 Å². The minimum Gasteiger partial charge on any atom is -0.207 e. The Morgan fingerprint density at radius 3 is 1.90 bits per heavy atom. The molecule has 0 saturated carbocycles. The highest BCUT2D eigenvalue weighted by molar-refractivity contribution is 7.89. The number of aryl methyl sites for hydroxylation is 4. The minimum atomic E-state index is -3.47. The molecule has 0 aromatic heterocycles. The van der Waals surface area contributed by atoms with Crippen molar-refractivity contribution in [1.29, 1.82) is 0 Å². The molecule has 0 atom stereocenters. The van der Waals surface area contributed by atoms with E-state index in [-0.39, 0.29) is 0 Å². The van der Waals surface area contributed by atoms with E-state index in [4.69, 9.17) is 0 Å². The van der Waals surface area contributed by atoms with Gasteiger partial charge in [-0.15, -0.1) is 0 Å². The van der Waals surface area contributed by atoms with Gasteiger partial charge in [-0.1, -0.05) is 35.4 Å². The summed E-state index contributed by atoms with van der Waals surface area (Å²) in [7, 11) is -3.47. The highest BCUT2D eigenvalue weighted by atomic mass is 32.2. The molecule has 0 radical (unpaired) electrons. The Hall–Kier alpha value is -1.65. The van der Waals surface area contributed by atoms with Gasteiger partial charge < -0.3 is 0 Å². The lowest BCUT2D eigenvalue weighted by atomic mass is 10.0. The summed E-state index contributed by atoms with van der Waals surface area (Å²) < 4.78 is 27.3. The predicted octanol–water partition coefficient (Wildman–Crippen LogP) is 3.40. The number of hydrogen-bond donors (Lipinski definition) is 1. The van der Waals surface area contributed by atoms with Gasteiger partial charge in [0.05, 0.1) is 4.90 Å². The van der Waals surface area contributed by atoms with Crippen LogP contribution >= 0.6 is 0 Å². The fraction of sp³-hybridized carbons (Fsp3) is 0.294. The summed E-state index contributed by atoms with van der Waals surface area (Å²) in [6.07, 6.45) is 0. The van der Waals surface area contributed by atoms with Gasteiger partial charge in [-0.25, -0.2) is 13.1 Å². The third kappa shape index (κ3) is 3.71. The van der Waals surface area contributed by atoms with E-state index >= 15 is 0 Å². The minimum absolute atomic E-state index is 0.301. The lowest BCUT2D eigenvalue weighted by Crippen LogP contribution is -2.24. The lowest BCUT2D eigenvalue weighted by Gasteiger charge is -2.13. The Balaban J connectivity index is 2.21. The monoisotopic (exact) mass is 303 g/mol. The van der Waals surface area contributed by atoms with Crippen LogP contribution in [0.4, 0.5) is 0 Å². The molecule has 0 bridgehead atoms. The Labute approximate surface area is 127 Å². The molecule has 0 aliphatic rings. The zero-order chi connectivity index (χ0) is 15.6. The van der Waals surface area contributed by atoms with Crippen molar-refractivity contribution in [2.24, 2.45) is 0 Å². The Kier molecular flexibility index (Phi) is 4.49. The van der Waals surface area contributed by atoms with Crippen LogP contribution in [-0.2, 0) is 16.6 Å². The summed E-state index contributed by atoms with van der Waals surface area (Å²) in [4.78, 5) is 0.301. The van der Waals surface area contributed by atoms with Crippen LogP contribution in [0.2, 0.25) is 0 Å². The number of nitrogens with one attached hydrogen (secondary N) is 1. The zero-order valence-electron chi connectivity index (χ0n) is 12.9. The summed E-state index contributed by atoms with van der Waals surface area (Å²) >= 11 is 0. The molecule has 2 aromatic carbocycles. The molecule has 0 aliphatic heterocycles. The fourth-order valence-corrected chi connectivity index (χ4v) is 3.45. The predicted molar refractivity (Wildman–Crippen MR) is 85.9 cm³/mol. The maximum absolute atomic E-state index is 12.3. The largest absolute Gasteiger partial charge is 0.240 e. The second-order valence-electron chi connectivity index (χ2n) is 5.51. The molecule has 0 spiro atoms. The van der Waals surface area contributed by atoms with Gasteiger partial charge in [-0.2, -0.15) is 0 Å². The number of benzene rings is 2. The maximum Gasteiger partial charge on any atom is 0.240 e. The summed E-state index contributed by atoms with van der Waals surface area (Å²) in [6.45, 7) is 8.31. The third-order valence-corrected chi connectivity index (χ3v) is 5.03. The molecule has 0 saturated heterocycles. The average Bonchev–Trinajstić information content (AvgIpc) is 2.37. The number of sulfonamides is 1. The van der Waals surface area contributed by atoms with E-state index in [0.717, 1.165) is 22.3 Å². The Morgan fingerprint density at radius 1 is 0.857 bits per heavy atom. The van der Waals surface area contributed by atoms with Crippen molar-refractivity contribution >= 4 is 10.0 Å². The normalized spacial score (nSPS) is 11.6. The molecule has 3 nitrogen and oxygen atoms in total. The summed E-state index contributed by atoms with van der Waals surface area (Å²) in [5, 5.41) is 0. The van der Waals surface area contributed by atoms with Crippen molar-refractivity contribution in [1.82, 2.24) is 4.72 Å². The molecule has 0 fully saturated rings. The van der Waals surface area contributed by atoms with E-state index in [9.17, 15) is 8.42 Å². The zero-order valence-corrected chi connectivity index (χ0v) is 13.7. The van der Waals surface area contributed by atoms with Crippen molar-refractivity contribution in [3.63, 3.8) is 0 Å². The van der Waals surface area contributed by atoms with Gasteiger partial charge >= 0.3 is 0 Å². The molecular formula is C17H21NO2S. The Morgan fingerprint density at radius 2 is 1.38 bits per heavy atom. The van der Waals surface area contributed by atoms with Crippen molar-refractivity contribution in [3.8, 4) is 0 Å². The van der Waals surface area contributed by atoms with Gasteiger partial charge in [0, 0.05) is 6.54 Å². The van der Waals surface area contributed by atoms with E-state index in [1.807, 2.05) is 27.7 Å². The quantitative estimate of drug-likeness (QED) is 0.941. The van der Waals surface area contributed by atoms with Gasteiger partial charge in [-0.3, -0.25) is 0 Å². The molecule has 4 heteroatoms. The fourth-order valence-electron chi connectivity index (χ4n) is 2.46. The van der Waals surface area contributed by atoms with Crippen LogP contribution in [0.1, 0.15) is 27.8 Å². The van der Waals surface area contributed by atoms with Crippen LogP contribution in [0, 0.1) is 27.7 Å². The van der Waals surface area contributed by atoms with Gasteiger partial charge in [0.15, 0.2) is 0 Å². The number of hydrogen-bond acceptors (Lipinski definition) is 2. The molecule has 0 amide bonds. The van der Waals surface area contributed by atoms with Crippen LogP contribution < -0.4 is 4.72 Å². The van der Waals surface area contributed by atoms with Gasteiger partial charge in [0.2, 0.25) is 10.0 Å². The van der Waals surface area contributed by atoms with Gasteiger partial charge in [0.1, 0.15) is 0 Å². The topological polar surface area (TPSA) is 46.2 Å². The third-order valence-electron chi connectivity index (χ3n) is 3.61. The molecule has 0 aliphatic carbocycles. The van der Waals surface area contributed by atoms with Crippen molar-refractivity contribution in [2.75, 3.05) is 0 Å². The van der Waals surface area contributed by atoms with Crippen molar-refractivity contribution in [2.45, 2.75) is 39.1 Å². The SMILES string of the molecule is Cc1ccc(S(=O)(=O)NCc2c(C)cc(C)cc2C)cc1.